The summed E-state index contributed by atoms with van der Waals surface area (Å²) in [5, 5.41) is 11.0. The van der Waals surface area contributed by atoms with Crippen LogP contribution in [0.1, 0.15) is 12.0 Å². The van der Waals surface area contributed by atoms with E-state index >= 15 is 0 Å². The number of carbonyl (C=O) groups excluding carboxylic acids is 1. The number of hydrogen-bond acceptors (Lipinski definition) is 3. The molecule has 0 bridgehead atoms. The van der Waals surface area contributed by atoms with E-state index in [2.05, 4.69) is 5.32 Å². The number of aliphatic carboxylic acids is 1. The predicted molar refractivity (Wildman–Crippen MR) is 78.6 cm³/mol. The Kier molecular flexibility index (Phi) is 4.56. The van der Waals surface area contributed by atoms with E-state index in [-0.39, 0.29) is 0 Å². The molecule has 0 radical (unpaired) electrons. The van der Waals surface area contributed by atoms with Gasteiger partial charge in [-0.3, -0.25) is 9.59 Å². The number of hydrogen-bond donors (Lipinski definition) is 2. The second-order valence-corrected chi connectivity index (χ2v) is 4.56. The molecule has 0 saturated carbocycles. The Morgan fingerprint density at radius 2 is 1.52 bits per heavy atom. The van der Waals surface area contributed by atoms with Gasteiger partial charge in [-0.25, -0.2) is 0 Å². The van der Waals surface area contributed by atoms with Crippen molar-refractivity contribution in [1.82, 2.24) is 0 Å². The van der Waals surface area contributed by atoms with Gasteiger partial charge in [0.2, 0.25) is 5.91 Å². The lowest BCUT2D eigenvalue weighted by Crippen LogP contribution is -2.15. The van der Waals surface area contributed by atoms with Crippen LogP contribution >= 0.6 is 0 Å². The number of nitrogens with one attached hydrogen (secondary N) is 1. The number of rotatable bonds is 5. The average Bonchev–Trinajstić information content (AvgIpc) is 2.42. The van der Waals surface area contributed by atoms with Gasteiger partial charge in [0.05, 0.1) is 0 Å². The molecule has 108 valence electrons. The SMILES string of the molecule is Cc1ccc(Oc2ccc(NC(=O)CC(=O)O)cc2)cc1. The van der Waals surface area contributed by atoms with Crippen LogP contribution in [0.2, 0.25) is 0 Å². The van der Waals surface area contributed by atoms with Gasteiger partial charge in [0, 0.05) is 5.69 Å². The Morgan fingerprint density at radius 3 is 2.05 bits per heavy atom. The van der Waals surface area contributed by atoms with Gasteiger partial charge in [-0.2, -0.15) is 0 Å². The van der Waals surface area contributed by atoms with Crippen LogP contribution < -0.4 is 10.1 Å². The van der Waals surface area contributed by atoms with Crippen LogP contribution in [0.5, 0.6) is 11.5 Å². The van der Waals surface area contributed by atoms with Crippen LogP contribution in [0.25, 0.3) is 0 Å². The number of carboxylic acids is 1. The molecule has 5 heteroatoms. The van der Waals surface area contributed by atoms with Crippen molar-refractivity contribution in [2.75, 3.05) is 5.32 Å². The Morgan fingerprint density at radius 1 is 1.00 bits per heavy atom. The molecule has 0 aliphatic carbocycles. The summed E-state index contributed by atoms with van der Waals surface area (Å²) in [6.07, 6.45) is -0.554. The van der Waals surface area contributed by atoms with E-state index in [0.29, 0.717) is 11.4 Å². The zero-order chi connectivity index (χ0) is 15.2. The topological polar surface area (TPSA) is 75.6 Å². The first-order valence-electron chi connectivity index (χ1n) is 6.39. The summed E-state index contributed by atoms with van der Waals surface area (Å²) >= 11 is 0. The first-order valence-corrected chi connectivity index (χ1v) is 6.39. The average molecular weight is 285 g/mol. The fourth-order valence-electron chi connectivity index (χ4n) is 1.69. The molecule has 0 atom stereocenters. The number of amides is 1. The van der Waals surface area contributed by atoms with Crippen LogP contribution in [-0.2, 0) is 9.59 Å². The van der Waals surface area contributed by atoms with E-state index < -0.39 is 18.3 Å². The molecular formula is C16H15NO4. The Balaban J connectivity index is 1.97. The van der Waals surface area contributed by atoms with Crippen LogP contribution in [0.3, 0.4) is 0 Å². The summed E-state index contributed by atoms with van der Waals surface area (Å²) in [5.74, 6) is -0.361. The lowest BCUT2D eigenvalue weighted by molar-refractivity contribution is -0.139. The van der Waals surface area contributed by atoms with Gasteiger partial charge in [-0.05, 0) is 43.3 Å². The second kappa shape index (κ2) is 6.56. The lowest BCUT2D eigenvalue weighted by atomic mass is 10.2. The summed E-state index contributed by atoms with van der Waals surface area (Å²) in [4.78, 5) is 21.7. The minimum absolute atomic E-state index is 0.525. The number of anilines is 1. The van der Waals surface area contributed by atoms with Crippen molar-refractivity contribution in [3.63, 3.8) is 0 Å². The Hall–Kier alpha value is -2.82. The molecule has 0 fully saturated rings. The van der Waals surface area contributed by atoms with Crippen LogP contribution in [0, 0.1) is 6.92 Å². The van der Waals surface area contributed by atoms with Crippen LogP contribution in [0.15, 0.2) is 48.5 Å². The molecule has 2 N–H and O–H groups in total. The first kappa shape index (κ1) is 14.6. The minimum atomic E-state index is -1.16. The highest BCUT2D eigenvalue weighted by atomic mass is 16.5. The molecule has 0 heterocycles. The number of ether oxygens (including phenoxy) is 1. The smallest absolute Gasteiger partial charge is 0.312 e. The van der Waals surface area contributed by atoms with E-state index in [1.807, 2.05) is 31.2 Å². The molecule has 2 rings (SSSR count). The van der Waals surface area contributed by atoms with Crippen molar-refractivity contribution in [2.45, 2.75) is 13.3 Å². The highest BCUT2D eigenvalue weighted by molar-refractivity contribution is 6.01. The molecular weight excluding hydrogens is 270 g/mol. The fraction of sp³-hybridized carbons (Fsp3) is 0.125. The molecule has 2 aromatic rings. The Bertz CT molecular complexity index is 632. The van der Waals surface area contributed by atoms with E-state index in [0.717, 1.165) is 11.3 Å². The molecule has 0 saturated heterocycles. The molecule has 0 aliphatic rings. The maximum absolute atomic E-state index is 11.3. The fourth-order valence-corrected chi connectivity index (χ4v) is 1.69. The van der Waals surface area contributed by atoms with Crippen molar-refractivity contribution in [1.29, 1.82) is 0 Å². The third-order valence-corrected chi connectivity index (χ3v) is 2.71. The maximum Gasteiger partial charge on any atom is 0.312 e. The van der Waals surface area contributed by atoms with Crippen molar-refractivity contribution in [2.24, 2.45) is 0 Å². The normalized spacial score (nSPS) is 9.95. The highest BCUT2D eigenvalue weighted by Gasteiger charge is 2.07. The summed E-state index contributed by atoms with van der Waals surface area (Å²) in [7, 11) is 0. The molecule has 2 aromatic carbocycles. The number of carboxylic acid groups (broad SMARTS) is 1. The summed E-state index contributed by atoms with van der Waals surface area (Å²) in [6, 6.07) is 14.4. The van der Waals surface area contributed by atoms with Gasteiger partial charge >= 0.3 is 5.97 Å². The van der Waals surface area contributed by atoms with E-state index in [1.165, 1.54) is 0 Å². The summed E-state index contributed by atoms with van der Waals surface area (Å²) in [6.45, 7) is 2.00. The van der Waals surface area contributed by atoms with Crippen molar-refractivity contribution >= 4 is 17.6 Å². The predicted octanol–water partition coefficient (Wildman–Crippen LogP) is 3.20. The quantitative estimate of drug-likeness (QED) is 0.827. The standard InChI is InChI=1S/C16H15NO4/c1-11-2-6-13(7-3-11)21-14-8-4-12(5-9-14)17-15(18)10-16(19)20/h2-9H,10H2,1H3,(H,17,18)(H,19,20). The molecule has 5 nitrogen and oxygen atoms in total. The molecule has 0 spiro atoms. The van der Waals surface area contributed by atoms with E-state index in [9.17, 15) is 9.59 Å². The largest absolute Gasteiger partial charge is 0.481 e. The Labute approximate surface area is 122 Å². The second-order valence-electron chi connectivity index (χ2n) is 4.56. The summed E-state index contributed by atoms with van der Waals surface area (Å²) in [5.41, 5.74) is 1.68. The van der Waals surface area contributed by atoms with Gasteiger partial charge in [0.1, 0.15) is 17.9 Å². The van der Waals surface area contributed by atoms with Gasteiger partial charge in [0.25, 0.3) is 0 Å². The maximum atomic E-state index is 11.3. The first-order chi connectivity index (χ1) is 10.0. The van der Waals surface area contributed by atoms with Crippen molar-refractivity contribution in [3.8, 4) is 11.5 Å². The zero-order valence-corrected chi connectivity index (χ0v) is 11.5. The van der Waals surface area contributed by atoms with E-state index in [4.69, 9.17) is 9.84 Å². The minimum Gasteiger partial charge on any atom is -0.481 e. The zero-order valence-electron chi connectivity index (χ0n) is 11.5. The van der Waals surface area contributed by atoms with Gasteiger partial charge in [0.15, 0.2) is 0 Å². The lowest BCUT2D eigenvalue weighted by Gasteiger charge is -2.08. The van der Waals surface area contributed by atoms with Crippen molar-refractivity contribution < 1.29 is 19.4 Å². The van der Waals surface area contributed by atoms with Crippen LogP contribution in [0.4, 0.5) is 5.69 Å². The van der Waals surface area contributed by atoms with Gasteiger partial charge in [-0.15, -0.1) is 0 Å². The van der Waals surface area contributed by atoms with Crippen LogP contribution in [-0.4, -0.2) is 17.0 Å². The molecule has 0 aromatic heterocycles. The number of aryl methyl sites for hydroxylation is 1. The number of benzene rings is 2. The van der Waals surface area contributed by atoms with Gasteiger partial charge < -0.3 is 15.2 Å². The molecule has 0 aliphatic heterocycles. The summed E-state index contributed by atoms with van der Waals surface area (Å²) < 4.78 is 5.65. The third-order valence-electron chi connectivity index (χ3n) is 2.71. The monoisotopic (exact) mass is 285 g/mol. The molecule has 0 unspecified atom stereocenters. The third kappa shape index (κ3) is 4.65. The van der Waals surface area contributed by atoms with Gasteiger partial charge in [-0.1, -0.05) is 17.7 Å². The molecule has 1 amide bonds. The number of carbonyl (C=O) groups is 2. The highest BCUT2D eigenvalue weighted by Crippen LogP contribution is 2.23. The molecule has 21 heavy (non-hydrogen) atoms. The van der Waals surface area contributed by atoms with E-state index in [1.54, 1.807) is 24.3 Å². The van der Waals surface area contributed by atoms with Crippen molar-refractivity contribution in [3.05, 3.63) is 54.1 Å².